The summed E-state index contributed by atoms with van der Waals surface area (Å²) in [6.07, 6.45) is 0.329. The summed E-state index contributed by atoms with van der Waals surface area (Å²) < 4.78 is 15.5. The zero-order valence-corrected chi connectivity index (χ0v) is 14.7. The lowest BCUT2D eigenvalue weighted by molar-refractivity contribution is -0.140. The van der Waals surface area contributed by atoms with Crippen LogP contribution in [0.15, 0.2) is 47.5 Å². The molecule has 0 aliphatic rings. The van der Waals surface area contributed by atoms with Crippen LogP contribution in [0.3, 0.4) is 0 Å². The first-order valence-corrected chi connectivity index (χ1v) is 8.71. The monoisotopic (exact) mass is 373 g/mol. The minimum absolute atomic E-state index is 0.0170. The van der Waals surface area contributed by atoms with Crippen molar-refractivity contribution in [1.29, 1.82) is 0 Å². The third-order valence-electron chi connectivity index (χ3n) is 3.96. The molecule has 1 heterocycles. The number of nitrogen functional groups attached to an aromatic ring is 1. The van der Waals surface area contributed by atoms with Crippen molar-refractivity contribution in [1.82, 2.24) is 4.57 Å². The summed E-state index contributed by atoms with van der Waals surface area (Å²) in [5, 5.41) is 9.55. The van der Waals surface area contributed by atoms with Crippen LogP contribution >= 0.6 is 11.3 Å². The average molecular weight is 373 g/mol. The maximum absolute atomic E-state index is 13.2. The number of halogens is 1. The Hall–Kier alpha value is -3.00. The van der Waals surface area contributed by atoms with Crippen LogP contribution < -0.4 is 10.5 Å². The Morgan fingerprint density at radius 3 is 2.69 bits per heavy atom. The highest BCUT2D eigenvalue weighted by atomic mass is 32.1. The van der Waals surface area contributed by atoms with Crippen LogP contribution in [-0.2, 0) is 4.79 Å². The fraction of sp³-hybridized carbons (Fsp3) is 0.167. The molecule has 1 atom stereocenters. The number of aromatic nitrogens is 1. The van der Waals surface area contributed by atoms with Gasteiger partial charge in [-0.3, -0.25) is 4.79 Å². The fourth-order valence-corrected chi connectivity index (χ4v) is 3.78. The summed E-state index contributed by atoms with van der Waals surface area (Å²) in [7, 11) is 0. The molecule has 1 aromatic heterocycles. The first-order valence-electron chi connectivity index (χ1n) is 7.89. The van der Waals surface area contributed by atoms with E-state index in [9.17, 15) is 19.1 Å². The van der Waals surface area contributed by atoms with Crippen LogP contribution in [0.5, 0.6) is 0 Å². The topological polar surface area (TPSA) is 97.7 Å². The predicted molar refractivity (Wildman–Crippen MR) is 97.5 cm³/mol. The molecule has 1 amide bonds. The molecule has 1 unspecified atom stereocenters. The number of rotatable bonds is 4. The molecule has 8 heteroatoms. The van der Waals surface area contributed by atoms with Crippen molar-refractivity contribution < 1.29 is 19.1 Å². The lowest BCUT2D eigenvalue weighted by atomic mass is 10.1. The van der Waals surface area contributed by atoms with Gasteiger partial charge in [0.2, 0.25) is 0 Å². The maximum atomic E-state index is 13.2. The van der Waals surface area contributed by atoms with Gasteiger partial charge in [-0.05, 0) is 36.8 Å². The molecule has 0 aliphatic carbocycles. The molecule has 2 aromatic carbocycles. The molecular formula is C18H16FN3O3S. The number of hydrogen-bond acceptors (Lipinski definition) is 4. The second-order valence-corrected chi connectivity index (χ2v) is 6.64. The first-order chi connectivity index (χ1) is 12.4. The van der Waals surface area contributed by atoms with Crippen molar-refractivity contribution in [3.8, 4) is 0 Å². The number of carboxylic acid groups (broad SMARTS) is 1. The number of fused-ring (bicyclic) bond motifs is 1. The number of carboxylic acids is 1. The van der Waals surface area contributed by atoms with Gasteiger partial charge in [-0.15, -0.1) is 0 Å². The van der Waals surface area contributed by atoms with Gasteiger partial charge in [0.25, 0.3) is 5.91 Å². The second kappa shape index (κ2) is 7.09. The van der Waals surface area contributed by atoms with Gasteiger partial charge in [0.15, 0.2) is 4.80 Å². The van der Waals surface area contributed by atoms with Crippen LogP contribution in [0.4, 0.5) is 10.1 Å². The van der Waals surface area contributed by atoms with Crippen LogP contribution in [0.25, 0.3) is 10.2 Å². The number of anilines is 1. The van der Waals surface area contributed by atoms with Gasteiger partial charge >= 0.3 is 5.97 Å². The average Bonchev–Trinajstić information content (AvgIpc) is 2.93. The van der Waals surface area contributed by atoms with E-state index in [1.165, 1.54) is 17.4 Å². The summed E-state index contributed by atoms with van der Waals surface area (Å²) in [4.78, 5) is 28.5. The summed E-state index contributed by atoms with van der Waals surface area (Å²) in [5.74, 6) is -2.21. The fourth-order valence-electron chi connectivity index (χ4n) is 2.71. The Morgan fingerprint density at radius 1 is 1.31 bits per heavy atom. The number of amides is 1. The Kier molecular flexibility index (Phi) is 4.85. The molecule has 0 spiro atoms. The van der Waals surface area contributed by atoms with Crippen LogP contribution in [-0.4, -0.2) is 21.6 Å². The van der Waals surface area contributed by atoms with Crippen LogP contribution in [0, 0.1) is 5.82 Å². The van der Waals surface area contributed by atoms with Gasteiger partial charge in [0.1, 0.15) is 11.9 Å². The van der Waals surface area contributed by atoms with Crippen LogP contribution in [0.2, 0.25) is 0 Å². The van der Waals surface area contributed by atoms with Gasteiger partial charge in [-0.2, -0.15) is 4.99 Å². The van der Waals surface area contributed by atoms with E-state index in [1.54, 1.807) is 23.6 Å². The number of aliphatic carboxylic acids is 1. The highest BCUT2D eigenvalue weighted by Gasteiger charge is 2.22. The van der Waals surface area contributed by atoms with Crippen molar-refractivity contribution in [3.05, 3.63) is 58.6 Å². The van der Waals surface area contributed by atoms with Crippen molar-refractivity contribution in [2.75, 3.05) is 5.73 Å². The zero-order valence-electron chi connectivity index (χ0n) is 13.8. The Labute approximate surface area is 152 Å². The molecular weight excluding hydrogens is 357 g/mol. The smallest absolute Gasteiger partial charge is 0.326 e. The molecule has 3 rings (SSSR count). The van der Waals surface area contributed by atoms with Gasteiger partial charge in [-0.1, -0.05) is 30.4 Å². The lowest BCUT2D eigenvalue weighted by Crippen LogP contribution is -2.27. The predicted octanol–water partition coefficient (Wildman–Crippen LogP) is 3.20. The van der Waals surface area contributed by atoms with Gasteiger partial charge in [0.05, 0.1) is 15.8 Å². The SMILES string of the molecule is CCC(C(=O)O)n1c(=NC(=O)c2ccc(F)cc2N)sc2ccccc21. The molecule has 0 fully saturated rings. The molecule has 0 saturated carbocycles. The zero-order chi connectivity index (χ0) is 18.8. The molecule has 26 heavy (non-hydrogen) atoms. The Balaban J connectivity index is 2.22. The molecule has 0 aliphatic heterocycles. The third kappa shape index (κ3) is 3.23. The van der Waals surface area contributed by atoms with E-state index < -0.39 is 23.7 Å². The second-order valence-electron chi connectivity index (χ2n) is 5.63. The first kappa shape index (κ1) is 17.8. The number of hydrogen-bond donors (Lipinski definition) is 2. The van der Waals surface area contributed by atoms with Gasteiger partial charge in [-0.25, -0.2) is 9.18 Å². The highest BCUT2D eigenvalue weighted by molar-refractivity contribution is 7.16. The molecule has 3 aromatic rings. The normalized spacial score (nSPS) is 13.1. The number of carbonyl (C=O) groups excluding carboxylic acids is 1. The Bertz CT molecular complexity index is 1070. The molecule has 0 radical (unpaired) electrons. The lowest BCUT2D eigenvalue weighted by Gasteiger charge is -2.13. The molecule has 134 valence electrons. The minimum atomic E-state index is -1.01. The van der Waals surface area contributed by atoms with E-state index in [4.69, 9.17) is 5.73 Å². The Morgan fingerprint density at radius 2 is 2.04 bits per heavy atom. The number of carbonyl (C=O) groups is 2. The minimum Gasteiger partial charge on any atom is -0.480 e. The molecule has 0 bridgehead atoms. The molecule has 3 N–H and O–H groups in total. The van der Waals surface area contributed by atoms with E-state index in [1.807, 2.05) is 12.1 Å². The standard InChI is InChI=1S/C18H16FN3O3S/c1-2-13(17(24)25)22-14-5-3-4-6-15(14)26-18(22)21-16(23)11-8-7-10(19)9-12(11)20/h3-9,13H,2,20H2,1H3,(H,24,25). The van der Waals surface area contributed by atoms with Gasteiger partial charge in [0, 0.05) is 5.69 Å². The van der Waals surface area contributed by atoms with E-state index in [0.29, 0.717) is 11.9 Å². The number of nitrogens with zero attached hydrogens (tertiary/aromatic N) is 2. The summed E-state index contributed by atoms with van der Waals surface area (Å²) >= 11 is 1.21. The quantitative estimate of drug-likeness (QED) is 0.686. The van der Waals surface area contributed by atoms with Crippen molar-refractivity contribution in [3.63, 3.8) is 0 Å². The maximum Gasteiger partial charge on any atom is 0.326 e. The van der Waals surface area contributed by atoms with E-state index in [-0.39, 0.29) is 16.1 Å². The van der Waals surface area contributed by atoms with Crippen molar-refractivity contribution in [2.24, 2.45) is 4.99 Å². The summed E-state index contributed by atoms with van der Waals surface area (Å²) in [5.41, 5.74) is 6.44. The molecule has 0 saturated heterocycles. The summed E-state index contributed by atoms with van der Waals surface area (Å²) in [6, 6.07) is 9.83. The molecule has 6 nitrogen and oxygen atoms in total. The number of thiazole rings is 1. The third-order valence-corrected chi connectivity index (χ3v) is 4.99. The van der Waals surface area contributed by atoms with E-state index in [0.717, 1.165) is 16.8 Å². The van der Waals surface area contributed by atoms with E-state index in [2.05, 4.69) is 4.99 Å². The number of benzene rings is 2. The van der Waals surface area contributed by atoms with Crippen LogP contribution in [0.1, 0.15) is 29.7 Å². The largest absolute Gasteiger partial charge is 0.480 e. The summed E-state index contributed by atoms with van der Waals surface area (Å²) in [6.45, 7) is 1.75. The van der Waals surface area contributed by atoms with Gasteiger partial charge < -0.3 is 15.4 Å². The van der Waals surface area contributed by atoms with E-state index >= 15 is 0 Å². The van der Waals surface area contributed by atoms with Crippen molar-refractivity contribution >= 4 is 39.1 Å². The number of para-hydroxylation sites is 1. The number of nitrogens with two attached hydrogens (primary N) is 1. The highest BCUT2D eigenvalue weighted by Crippen LogP contribution is 2.23. The van der Waals surface area contributed by atoms with Crippen molar-refractivity contribution in [2.45, 2.75) is 19.4 Å².